The molecule has 0 unspecified atom stereocenters. The molecule has 3 heteroatoms. The van der Waals surface area contributed by atoms with Gasteiger partial charge in [0.1, 0.15) is 6.79 Å². The Hall–Kier alpha value is -0.380. The van der Waals surface area contributed by atoms with Crippen LogP contribution in [0.3, 0.4) is 0 Å². The Morgan fingerprint density at radius 2 is 2.18 bits per heavy atom. The van der Waals surface area contributed by atoms with Gasteiger partial charge in [-0.2, -0.15) is 0 Å². The molecule has 1 rings (SSSR count). The van der Waals surface area contributed by atoms with Crippen LogP contribution in [-0.4, -0.2) is 31.2 Å². The standard InChI is InChI=1S/C14H26O3/c1-2-3-4-5-6-7-8-14-13(9-10-15)11-16-12-17-14/h7-8,13-15H,2-6,9-12H2,1H3/t13-,14+/m1/s1. The first kappa shape index (κ1) is 14.7. The quantitative estimate of drug-likeness (QED) is 0.525. The highest BCUT2D eigenvalue weighted by Crippen LogP contribution is 2.19. The van der Waals surface area contributed by atoms with Crippen LogP contribution in [0.2, 0.25) is 0 Å². The summed E-state index contributed by atoms with van der Waals surface area (Å²) < 4.78 is 10.8. The van der Waals surface area contributed by atoms with E-state index in [0.717, 1.165) is 12.8 Å². The third-order valence-electron chi connectivity index (χ3n) is 3.19. The molecule has 17 heavy (non-hydrogen) atoms. The van der Waals surface area contributed by atoms with Gasteiger partial charge in [0.25, 0.3) is 0 Å². The molecule has 3 nitrogen and oxygen atoms in total. The van der Waals surface area contributed by atoms with Crippen molar-refractivity contribution in [3.8, 4) is 0 Å². The molecule has 0 bridgehead atoms. The van der Waals surface area contributed by atoms with E-state index >= 15 is 0 Å². The van der Waals surface area contributed by atoms with E-state index in [-0.39, 0.29) is 12.7 Å². The number of hydrogen-bond donors (Lipinski definition) is 1. The third kappa shape index (κ3) is 6.20. The second kappa shape index (κ2) is 9.63. The summed E-state index contributed by atoms with van der Waals surface area (Å²) >= 11 is 0. The fraction of sp³-hybridized carbons (Fsp3) is 0.857. The summed E-state index contributed by atoms with van der Waals surface area (Å²) in [4.78, 5) is 0. The number of allylic oxidation sites excluding steroid dienone is 1. The zero-order chi connectivity index (χ0) is 12.3. The molecule has 0 saturated carbocycles. The predicted molar refractivity (Wildman–Crippen MR) is 68.8 cm³/mol. The molecule has 0 aromatic carbocycles. The average molecular weight is 242 g/mol. The van der Waals surface area contributed by atoms with Gasteiger partial charge < -0.3 is 14.6 Å². The van der Waals surface area contributed by atoms with E-state index in [1.807, 2.05) is 0 Å². The van der Waals surface area contributed by atoms with Gasteiger partial charge in [-0.25, -0.2) is 0 Å². The van der Waals surface area contributed by atoms with Crippen molar-refractivity contribution in [2.24, 2.45) is 5.92 Å². The maximum atomic E-state index is 8.97. The van der Waals surface area contributed by atoms with Gasteiger partial charge in [-0.1, -0.05) is 38.3 Å². The Morgan fingerprint density at radius 3 is 2.94 bits per heavy atom. The lowest BCUT2D eigenvalue weighted by Gasteiger charge is -2.29. The highest BCUT2D eigenvalue weighted by Gasteiger charge is 2.23. The average Bonchev–Trinajstić information content (AvgIpc) is 2.36. The Bertz CT molecular complexity index is 202. The summed E-state index contributed by atoms with van der Waals surface area (Å²) in [5, 5.41) is 8.97. The molecular formula is C14H26O3. The van der Waals surface area contributed by atoms with Crippen molar-refractivity contribution in [3.63, 3.8) is 0 Å². The van der Waals surface area contributed by atoms with Gasteiger partial charge in [0.05, 0.1) is 12.7 Å². The Labute approximate surface area is 105 Å². The van der Waals surface area contributed by atoms with Crippen LogP contribution in [0.15, 0.2) is 12.2 Å². The molecule has 0 amide bonds. The van der Waals surface area contributed by atoms with Gasteiger partial charge in [0.2, 0.25) is 0 Å². The van der Waals surface area contributed by atoms with E-state index in [0.29, 0.717) is 19.3 Å². The highest BCUT2D eigenvalue weighted by atomic mass is 16.7. The summed E-state index contributed by atoms with van der Waals surface area (Å²) in [5.41, 5.74) is 0. The Morgan fingerprint density at radius 1 is 1.29 bits per heavy atom. The van der Waals surface area contributed by atoms with Gasteiger partial charge >= 0.3 is 0 Å². The van der Waals surface area contributed by atoms with E-state index in [9.17, 15) is 0 Å². The molecule has 0 aromatic heterocycles. The molecule has 1 aliphatic rings. The van der Waals surface area contributed by atoms with Gasteiger partial charge in [0, 0.05) is 12.5 Å². The van der Waals surface area contributed by atoms with Crippen LogP contribution < -0.4 is 0 Å². The number of ether oxygens (including phenoxy) is 2. The molecule has 0 spiro atoms. The summed E-state index contributed by atoms with van der Waals surface area (Å²) in [6, 6.07) is 0. The van der Waals surface area contributed by atoms with Crippen molar-refractivity contribution in [2.45, 2.75) is 51.6 Å². The SMILES string of the molecule is CCCCCCC=C[C@@H]1OCOC[C@H]1CCO. The van der Waals surface area contributed by atoms with Crippen molar-refractivity contribution in [3.05, 3.63) is 12.2 Å². The molecule has 0 aliphatic carbocycles. The molecule has 1 heterocycles. The van der Waals surface area contributed by atoms with E-state index < -0.39 is 0 Å². The minimum Gasteiger partial charge on any atom is -0.396 e. The van der Waals surface area contributed by atoms with Crippen molar-refractivity contribution in [1.29, 1.82) is 0 Å². The van der Waals surface area contributed by atoms with Crippen LogP contribution in [0.4, 0.5) is 0 Å². The fourth-order valence-electron chi connectivity index (χ4n) is 2.10. The number of unbranched alkanes of at least 4 members (excludes halogenated alkanes) is 4. The van der Waals surface area contributed by atoms with Crippen LogP contribution in [0.5, 0.6) is 0 Å². The molecule has 100 valence electrons. The molecule has 1 saturated heterocycles. The third-order valence-corrected chi connectivity index (χ3v) is 3.19. The monoisotopic (exact) mass is 242 g/mol. The first-order valence-corrected chi connectivity index (χ1v) is 6.85. The number of aliphatic hydroxyl groups is 1. The first-order chi connectivity index (χ1) is 8.38. The largest absolute Gasteiger partial charge is 0.396 e. The summed E-state index contributed by atoms with van der Waals surface area (Å²) in [6.07, 6.45) is 11.6. The summed E-state index contributed by atoms with van der Waals surface area (Å²) in [5.74, 6) is 0.306. The van der Waals surface area contributed by atoms with Gasteiger partial charge in [0.15, 0.2) is 0 Å². The highest BCUT2D eigenvalue weighted by molar-refractivity contribution is 4.94. The zero-order valence-electron chi connectivity index (χ0n) is 10.9. The Balaban J connectivity index is 2.19. The van der Waals surface area contributed by atoms with Crippen LogP contribution in [0.1, 0.15) is 45.4 Å². The molecule has 1 N–H and O–H groups in total. The lowest BCUT2D eigenvalue weighted by atomic mass is 9.98. The fourth-order valence-corrected chi connectivity index (χ4v) is 2.10. The van der Waals surface area contributed by atoms with Crippen LogP contribution in [-0.2, 0) is 9.47 Å². The van der Waals surface area contributed by atoms with Gasteiger partial charge in [-0.15, -0.1) is 0 Å². The Kier molecular flexibility index (Phi) is 8.32. The summed E-state index contributed by atoms with van der Waals surface area (Å²) in [6.45, 7) is 3.52. The van der Waals surface area contributed by atoms with Crippen molar-refractivity contribution < 1.29 is 14.6 Å². The van der Waals surface area contributed by atoms with Gasteiger partial charge in [-0.3, -0.25) is 0 Å². The van der Waals surface area contributed by atoms with Crippen LogP contribution in [0, 0.1) is 5.92 Å². The lowest BCUT2D eigenvalue weighted by molar-refractivity contribution is -0.156. The molecule has 0 aromatic rings. The smallest absolute Gasteiger partial charge is 0.147 e. The second-order valence-corrected chi connectivity index (χ2v) is 4.67. The van der Waals surface area contributed by atoms with Crippen molar-refractivity contribution in [2.75, 3.05) is 20.0 Å². The normalized spacial score (nSPS) is 25.5. The maximum Gasteiger partial charge on any atom is 0.147 e. The zero-order valence-corrected chi connectivity index (χ0v) is 10.9. The van der Waals surface area contributed by atoms with Crippen molar-refractivity contribution in [1.82, 2.24) is 0 Å². The molecule has 1 aliphatic heterocycles. The first-order valence-electron chi connectivity index (χ1n) is 6.85. The molecule has 2 atom stereocenters. The topological polar surface area (TPSA) is 38.7 Å². The number of aliphatic hydroxyl groups excluding tert-OH is 1. The van der Waals surface area contributed by atoms with E-state index in [4.69, 9.17) is 14.6 Å². The molecular weight excluding hydrogens is 216 g/mol. The van der Waals surface area contributed by atoms with E-state index in [2.05, 4.69) is 19.1 Å². The molecule has 1 fully saturated rings. The lowest BCUT2D eigenvalue weighted by Crippen LogP contribution is -2.33. The van der Waals surface area contributed by atoms with Gasteiger partial charge in [-0.05, 0) is 19.3 Å². The number of hydrogen-bond acceptors (Lipinski definition) is 3. The predicted octanol–water partition coefficient (Wildman–Crippen LogP) is 2.88. The minimum atomic E-state index is 0.127. The van der Waals surface area contributed by atoms with E-state index in [1.54, 1.807) is 0 Å². The van der Waals surface area contributed by atoms with Crippen LogP contribution in [0.25, 0.3) is 0 Å². The second-order valence-electron chi connectivity index (χ2n) is 4.67. The van der Waals surface area contributed by atoms with Crippen LogP contribution >= 0.6 is 0 Å². The minimum absolute atomic E-state index is 0.127. The molecule has 0 radical (unpaired) electrons. The summed E-state index contributed by atoms with van der Waals surface area (Å²) in [7, 11) is 0. The maximum absolute atomic E-state index is 8.97. The van der Waals surface area contributed by atoms with E-state index in [1.165, 1.54) is 25.7 Å². The number of rotatable bonds is 8. The van der Waals surface area contributed by atoms with Crippen molar-refractivity contribution >= 4 is 0 Å².